The van der Waals surface area contributed by atoms with Crippen LogP contribution in [0.15, 0.2) is 23.2 Å². The smallest absolute Gasteiger partial charge is 0.235 e. The molecule has 19 heavy (non-hydrogen) atoms. The first-order valence-electron chi connectivity index (χ1n) is 6.28. The van der Waals surface area contributed by atoms with E-state index in [0.29, 0.717) is 12.3 Å². The van der Waals surface area contributed by atoms with Gasteiger partial charge in [-0.2, -0.15) is 11.8 Å². The highest BCUT2D eigenvalue weighted by molar-refractivity contribution is 7.99. The zero-order valence-corrected chi connectivity index (χ0v) is 11.7. The van der Waals surface area contributed by atoms with Gasteiger partial charge in [-0.3, -0.25) is 0 Å². The molecule has 0 amide bonds. The monoisotopic (exact) mass is 279 g/mol. The van der Waals surface area contributed by atoms with E-state index in [2.05, 4.69) is 4.99 Å². The van der Waals surface area contributed by atoms with E-state index in [4.69, 9.17) is 9.47 Å². The van der Waals surface area contributed by atoms with E-state index in [0.717, 1.165) is 35.7 Å². The molecule has 1 aliphatic rings. The summed E-state index contributed by atoms with van der Waals surface area (Å²) in [6.45, 7) is 0.320. The van der Waals surface area contributed by atoms with Crippen LogP contribution in [0, 0.1) is 0 Å². The summed E-state index contributed by atoms with van der Waals surface area (Å²) in [6, 6.07) is 5.64. The second-order valence-electron chi connectivity index (χ2n) is 4.32. The van der Waals surface area contributed by atoms with Crippen molar-refractivity contribution >= 4 is 17.8 Å². The van der Waals surface area contributed by atoms with E-state index >= 15 is 0 Å². The molecule has 1 aliphatic heterocycles. The van der Waals surface area contributed by atoms with Crippen LogP contribution in [0.4, 0.5) is 0 Å². The molecule has 0 bridgehead atoms. The number of ether oxygens (including phenoxy) is 2. The molecular formula is C14H17NO3S. The molecule has 0 N–H and O–H groups in total. The maximum Gasteiger partial charge on any atom is 0.235 e. The molecule has 0 aromatic heterocycles. The lowest BCUT2D eigenvalue weighted by molar-refractivity contribution is 0.184. The fraction of sp³-hybridized carbons (Fsp3) is 0.500. The normalized spacial score (nSPS) is 15.6. The van der Waals surface area contributed by atoms with E-state index in [1.54, 1.807) is 7.11 Å². The Morgan fingerprint density at radius 3 is 2.84 bits per heavy atom. The van der Waals surface area contributed by atoms with Crippen LogP contribution in [0.2, 0.25) is 0 Å². The highest BCUT2D eigenvalue weighted by atomic mass is 32.2. The van der Waals surface area contributed by atoms with Crippen molar-refractivity contribution in [3.05, 3.63) is 23.8 Å². The summed E-state index contributed by atoms with van der Waals surface area (Å²) in [5.74, 6) is 3.76. The van der Waals surface area contributed by atoms with Crippen LogP contribution in [-0.2, 0) is 11.3 Å². The fourth-order valence-corrected chi connectivity index (χ4v) is 3.07. The zero-order chi connectivity index (χ0) is 13.5. The van der Waals surface area contributed by atoms with Gasteiger partial charge < -0.3 is 9.47 Å². The first-order valence-corrected chi connectivity index (χ1v) is 7.44. The average Bonchev–Trinajstić information content (AvgIpc) is 2.47. The Hall–Kier alpha value is -1.45. The molecule has 0 saturated carbocycles. The van der Waals surface area contributed by atoms with Gasteiger partial charge in [-0.25, -0.2) is 9.79 Å². The number of nitrogens with zero attached hydrogens (tertiary/aromatic N) is 1. The second-order valence-corrected chi connectivity index (χ2v) is 5.55. The summed E-state index contributed by atoms with van der Waals surface area (Å²) in [4.78, 5) is 13.7. The number of benzene rings is 1. The second kappa shape index (κ2) is 7.22. The minimum Gasteiger partial charge on any atom is -0.493 e. The molecule has 1 fully saturated rings. The molecule has 2 rings (SSSR count). The molecule has 1 saturated heterocycles. The van der Waals surface area contributed by atoms with Gasteiger partial charge in [-0.05, 0) is 42.0 Å². The Morgan fingerprint density at radius 2 is 2.16 bits per heavy atom. The minimum absolute atomic E-state index is 0.272. The largest absolute Gasteiger partial charge is 0.493 e. The quantitative estimate of drug-likeness (QED) is 0.614. The van der Waals surface area contributed by atoms with Crippen molar-refractivity contribution in [2.24, 2.45) is 4.99 Å². The first-order chi connectivity index (χ1) is 9.33. The molecule has 0 spiro atoms. The van der Waals surface area contributed by atoms with Crippen molar-refractivity contribution in [1.29, 1.82) is 0 Å². The molecule has 0 unspecified atom stereocenters. The number of carbonyl (C=O) groups excluding carboxylic acids is 1. The van der Waals surface area contributed by atoms with Crippen LogP contribution in [0.25, 0.3) is 0 Å². The molecule has 5 heteroatoms. The summed E-state index contributed by atoms with van der Waals surface area (Å²) in [5, 5.41) is 0. The van der Waals surface area contributed by atoms with Crippen LogP contribution in [-0.4, -0.2) is 30.8 Å². The Balaban J connectivity index is 2.08. The van der Waals surface area contributed by atoms with Crippen molar-refractivity contribution in [2.75, 3.05) is 18.6 Å². The Labute approximate surface area is 117 Å². The lowest BCUT2D eigenvalue weighted by Gasteiger charge is -2.23. The highest BCUT2D eigenvalue weighted by Gasteiger charge is 2.17. The summed E-state index contributed by atoms with van der Waals surface area (Å²) in [6.07, 6.45) is 3.96. The number of rotatable bonds is 5. The molecule has 0 atom stereocenters. The number of aliphatic imine (C=N–C) groups is 1. The van der Waals surface area contributed by atoms with Gasteiger partial charge in [0.25, 0.3) is 0 Å². The third-order valence-electron chi connectivity index (χ3n) is 3.02. The van der Waals surface area contributed by atoms with Gasteiger partial charge in [0.1, 0.15) is 6.10 Å². The lowest BCUT2D eigenvalue weighted by Crippen LogP contribution is -2.22. The molecule has 1 heterocycles. The van der Waals surface area contributed by atoms with Crippen LogP contribution in [0.5, 0.6) is 11.5 Å². The standard InChI is InChI=1S/C14H17NO3S/c1-17-14-8-11(9-15-10-16)2-3-13(14)18-12-4-6-19-7-5-12/h2-3,8,12H,4-7,9H2,1H3. The molecule has 4 nitrogen and oxygen atoms in total. The topological polar surface area (TPSA) is 47.9 Å². The predicted octanol–water partition coefficient (Wildman–Crippen LogP) is 2.81. The minimum atomic E-state index is 0.272. The van der Waals surface area contributed by atoms with Crippen LogP contribution in [0.1, 0.15) is 18.4 Å². The lowest BCUT2D eigenvalue weighted by atomic mass is 10.2. The zero-order valence-electron chi connectivity index (χ0n) is 10.9. The number of thioether (sulfide) groups is 1. The Bertz CT molecular complexity index is 466. The van der Waals surface area contributed by atoms with Gasteiger partial charge in [-0.1, -0.05) is 6.07 Å². The van der Waals surface area contributed by atoms with Crippen molar-refractivity contribution in [3.63, 3.8) is 0 Å². The molecule has 1 aromatic carbocycles. The summed E-state index contributed by atoms with van der Waals surface area (Å²) in [5.41, 5.74) is 0.909. The van der Waals surface area contributed by atoms with Crippen molar-refractivity contribution < 1.29 is 14.3 Å². The van der Waals surface area contributed by atoms with Gasteiger partial charge in [0.15, 0.2) is 11.5 Å². The van der Waals surface area contributed by atoms with Gasteiger partial charge in [-0.15, -0.1) is 0 Å². The Kier molecular flexibility index (Phi) is 5.31. The number of hydrogen-bond donors (Lipinski definition) is 0. The molecule has 0 aliphatic carbocycles. The van der Waals surface area contributed by atoms with E-state index in [1.807, 2.05) is 30.0 Å². The third-order valence-corrected chi connectivity index (χ3v) is 4.06. The predicted molar refractivity (Wildman–Crippen MR) is 75.8 cm³/mol. The van der Waals surface area contributed by atoms with E-state index in [9.17, 15) is 4.79 Å². The van der Waals surface area contributed by atoms with Crippen molar-refractivity contribution in [1.82, 2.24) is 0 Å². The van der Waals surface area contributed by atoms with E-state index in [1.165, 1.54) is 6.08 Å². The van der Waals surface area contributed by atoms with Gasteiger partial charge in [0, 0.05) is 0 Å². The number of methoxy groups -OCH3 is 1. The van der Waals surface area contributed by atoms with Gasteiger partial charge in [0.05, 0.1) is 13.7 Å². The maximum atomic E-state index is 10.1. The van der Waals surface area contributed by atoms with Gasteiger partial charge >= 0.3 is 0 Å². The SMILES string of the molecule is COc1cc(CN=C=O)ccc1OC1CCSCC1. The molecule has 0 radical (unpaired) electrons. The highest BCUT2D eigenvalue weighted by Crippen LogP contribution is 2.31. The molecule has 1 aromatic rings. The summed E-state index contributed by atoms with van der Waals surface area (Å²) >= 11 is 1.97. The average molecular weight is 279 g/mol. The van der Waals surface area contributed by atoms with E-state index in [-0.39, 0.29) is 6.10 Å². The summed E-state index contributed by atoms with van der Waals surface area (Å²) in [7, 11) is 1.62. The maximum absolute atomic E-state index is 10.1. The van der Waals surface area contributed by atoms with Crippen LogP contribution in [0.3, 0.4) is 0 Å². The molecule has 102 valence electrons. The first kappa shape index (κ1) is 14.0. The summed E-state index contributed by atoms with van der Waals surface area (Å²) < 4.78 is 11.3. The number of hydrogen-bond acceptors (Lipinski definition) is 5. The van der Waals surface area contributed by atoms with Crippen LogP contribution < -0.4 is 9.47 Å². The number of isocyanates is 1. The van der Waals surface area contributed by atoms with E-state index < -0.39 is 0 Å². The molecular weight excluding hydrogens is 262 g/mol. The van der Waals surface area contributed by atoms with Crippen molar-refractivity contribution in [3.8, 4) is 11.5 Å². The van der Waals surface area contributed by atoms with Crippen molar-refractivity contribution in [2.45, 2.75) is 25.5 Å². The van der Waals surface area contributed by atoms with Crippen LogP contribution >= 0.6 is 11.8 Å². The fourth-order valence-electron chi connectivity index (χ4n) is 2.00. The Morgan fingerprint density at radius 1 is 1.37 bits per heavy atom. The van der Waals surface area contributed by atoms with Gasteiger partial charge in [0.2, 0.25) is 6.08 Å². The third kappa shape index (κ3) is 4.01.